The monoisotopic (exact) mass is 231 g/mol. The lowest BCUT2D eigenvalue weighted by atomic mass is 10.4. The topological polar surface area (TPSA) is 59.4 Å². The Morgan fingerprint density at radius 3 is 3.00 bits per heavy atom. The Morgan fingerprint density at radius 1 is 1.25 bits per heavy atom. The summed E-state index contributed by atoms with van der Waals surface area (Å²) in [6.45, 7) is 0.722. The van der Waals surface area contributed by atoms with E-state index in [1.807, 2.05) is 21.7 Å². The molecule has 0 aliphatic heterocycles. The van der Waals surface area contributed by atoms with Crippen LogP contribution >= 0.6 is 11.3 Å². The number of aromatic nitrogens is 5. The highest BCUT2D eigenvalue weighted by Gasteiger charge is 2.08. The molecule has 3 aromatic rings. The summed E-state index contributed by atoms with van der Waals surface area (Å²) in [5, 5.41) is 2.03. The van der Waals surface area contributed by atoms with Crippen LogP contribution in [0, 0.1) is 0 Å². The summed E-state index contributed by atoms with van der Waals surface area (Å²) < 4.78 is 2.02. The molecule has 6 heteroatoms. The first-order valence-electron chi connectivity index (χ1n) is 4.81. The summed E-state index contributed by atoms with van der Waals surface area (Å²) in [7, 11) is 0. The van der Waals surface area contributed by atoms with E-state index in [0.29, 0.717) is 0 Å². The fraction of sp³-hybridized carbons (Fsp3) is 0.100. The van der Waals surface area contributed by atoms with E-state index in [1.165, 1.54) is 0 Å². The molecule has 0 saturated heterocycles. The maximum absolute atomic E-state index is 4.28. The molecule has 80 valence electrons. The van der Waals surface area contributed by atoms with E-state index in [4.69, 9.17) is 0 Å². The van der Waals surface area contributed by atoms with Gasteiger partial charge in [0.25, 0.3) is 0 Å². The van der Waals surface area contributed by atoms with Crippen LogP contribution in [-0.4, -0.2) is 24.5 Å². The molecule has 5 nitrogen and oxygen atoms in total. The van der Waals surface area contributed by atoms with Gasteiger partial charge in [0.2, 0.25) is 0 Å². The lowest BCUT2D eigenvalue weighted by Gasteiger charge is -2.03. The third kappa shape index (κ3) is 1.63. The predicted octanol–water partition coefficient (Wildman–Crippen LogP) is 1.78. The Balaban J connectivity index is 1.94. The van der Waals surface area contributed by atoms with Crippen molar-refractivity contribution in [3.63, 3.8) is 0 Å². The molecule has 0 unspecified atom stereocenters. The second kappa shape index (κ2) is 3.90. The molecule has 0 bridgehead atoms. The highest BCUT2D eigenvalue weighted by molar-refractivity contribution is 7.07. The molecule has 3 rings (SSSR count). The largest absolute Gasteiger partial charge is 0.342 e. The Labute approximate surface area is 95.8 Å². The van der Waals surface area contributed by atoms with E-state index in [9.17, 15) is 0 Å². The zero-order valence-corrected chi connectivity index (χ0v) is 9.18. The van der Waals surface area contributed by atoms with Crippen molar-refractivity contribution in [3.8, 4) is 11.6 Å². The molecule has 16 heavy (non-hydrogen) atoms. The third-order valence-electron chi connectivity index (χ3n) is 2.24. The Kier molecular flexibility index (Phi) is 2.26. The molecule has 0 aromatic carbocycles. The zero-order valence-electron chi connectivity index (χ0n) is 8.37. The van der Waals surface area contributed by atoms with Gasteiger partial charge in [-0.15, -0.1) is 11.3 Å². The number of imidazole rings is 2. The average Bonchev–Trinajstić information content (AvgIpc) is 2.98. The molecule has 3 heterocycles. The number of hydrogen-bond donors (Lipinski definition) is 1. The lowest BCUT2D eigenvalue weighted by Crippen LogP contribution is -2.02. The van der Waals surface area contributed by atoms with E-state index >= 15 is 0 Å². The Morgan fingerprint density at radius 2 is 2.25 bits per heavy atom. The predicted molar refractivity (Wildman–Crippen MR) is 61.0 cm³/mol. The third-order valence-corrected chi connectivity index (χ3v) is 2.88. The summed E-state index contributed by atoms with van der Waals surface area (Å²) in [6, 6.07) is 0. The van der Waals surface area contributed by atoms with Crippen LogP contribution in [-0.2, 0) is 6.54 Å². The van der Waals surface area contributed by atoms with Crippen molar-refractivity contribution in [1.29, 1.82) is 0 Å². The van der Waals surface area contributed by atoms with Crippen LogP contribution in [0.3, 0.4) is 0 Å². The van der Waals surface area contributed by atoms with Gasteiger partial charge in [-0.25, -0.2) is 15.0 Å². The minimum absolute atomic E-state index is 0.722. The number of aromatic amines is 1. The van der Waals surface area contributed by atoms with E-state index in [2.05, 4.69) is 19.9 Å². The Bertz CT molecular complexity index is 552. The minimum atomic E-state index is 0.722. The van der Waals surface area contributed by atoms with E-state index in [-0.39, 0.29) is 0 Å². The fourth-order valence-electron chi connectivity index (χ4n) is 1.53. The van der Waals surface area contributed by atoms with Crippen molar-refractivity contribution in [2.24, 2.45) is 0 Å². The smallest absolute Gasteiger partial charge is 0.176 e. The van der Waals surface area contributed by atoms with Crippen molar-refractivity contribution in [3.05, 3.63) is 41.4 Å². The van der Waals surface area contributed by atoms with E-state index < -0.39 is 0 Å². The van der Waals surface area contributed by atoms with Gasteiger partial charge in [-0.3, -0.25) is 0 Å². The van der Waals surface area contributed by atoms with Crippen LogP contribution in [0.15, 0.2) is 35.7 Å². The standard InChI is InChI=1S/C10H9N5S/c1-2-12-9(11-1)10-13-3-4-15(10)5-8-6-16-7-14-8/h1-4,6-7H,5H2,(H,11,12). The maximum atomic E-state index is 4.28. The highest BCUT2D eigenvalue weighted by atomic mass is 32.1. The fourth-order valence-corrected chi connectivity index (χ4v) is 2.08. The second-order valence-electron chi connectivity index (χ2n) is 3.30. The maximum Gasteiger partial charge on any atom is 0.176 e. The zero-order chi connectivity index (χ0) is 10.8. The lowest BCUT2D eigenvalue weighted by molar-refractivity contribution is 0.782. The summed E-state index contributed by atoms with van der Waals surface area (Å²) in [6.07, 6.45) is 7.20. The second-order valence-corrected chi connectivity index (χ2v) is 4.01. The van der Waals surface area contributed by atoms with Gasteiger partial charge in [0.1, 0.15) is 0 Å². The van der Waals surface area contributed by atoms with Gasteiger partial charge in [0.05, 0.1) is 17.7 Å². The van der Waals surface area contributed by atoms with Gasteiger partial charge in [-0.05, 0) is 0 Å². The van der Waals surface area contributed by atoms with E-state index in [0.717, 1.165) is 23.9 Å². The number of nitrogens with zero attached hydrogens (tertiary/aromatic N) is 4. The number of hydrogen-bond acceptors (Lipinski definition) is 4. The van der Waals surface area contributed by atoms with Gasteiger partial charge in [0.15, 0.2) is 11.6 Å². The molecule has 0 atom stereocenters. The van der Waals surface area contributed by atoms with Crippen molar-refractivity contribution in [2.75, 3.05) is 0 Å². The summed E-state index contributed by atoms with van der Waals surface area (Å²) in [5.41, 5.74) is 2.87. The molecule has 0 amide bonds. The molecule has 0 saturated carbocycles. The van der Waals surface area contributed by atoms with Crippen LogP contribution in [0.25, 0.3) is 11.6 Å². The summed E-state index contributed by atoms with van der Waals surface area (Å²) >= 11 is 1.60. The number of nitrogens with one attached hydrogen (secondary N) is 1. The molecule has 0 aliphatic carbocycles. The number of H-pyrrole nitrogens is 1. The molecule has 0 aliphatic rings. The number of thiazole rings is 1. The van der Waals surface area contributed by atoms with Crippen LogP contribution in [0.5, 0.6) is 0 Å². The summed E-state index contributed by atoms with van der Waals surface area (Å²) in [4.78, 5) is 15.8. The molecule has 3 aromatic heterocycles. The van der Waals surface area contributed by atoms with Crippen LogP contribution in [0.4, 0.5) is 0 Å². The van der Waals surface area contributed by atoms with Crippen molar-refractivity contribution in [2.45, 2.75) is 6.54 Å². The van der Waals surface area contributed by atoms with Gasteiger partial charge < -0.3 is 9.55 Å². The van der Waals surface area contributed by atoms with Crippen LogP contribution in [0.1, 0.15) is 5.69 Å². The average molecular weight is 231 g/mol. The molecule has 0 spiro atoms. The van der Waals surface area contributed by atoms with Crippen molar-refractivity contribution in [1.82, 2.24) is 24.5 Å². The first-order valence-corrected chi connectivity index (χ1v) is 5.76. The molecule has 0 radical (unpaired) electrons. The Hall–Kier alpha value is -1.95. The van der Waals surface area contributed by atoms with Gasteiger partial charge in [-0.1, -0.05) is 0 Å². The van der Waals surface area contributed by atoms with Gasteiger partial charge >= 0.3 is 0 Å². The van der Waals surface area contributed by atoms with Gasteiger partial charge in [0, 0.05) is 30.2 Å². The van der Waals surface area contributed by atoms with Crippen molar-refractivity contribution < 1.29 is 0 Å². The first kappa shape index (κ1) is 9.29. The number of rotatable bonds is 3. The SMILES string of the molecule is c1c[nH]c(-c2nccn2Cc2cscn2)n1. The highest BCUT2D eigenvalue weighted by Crippen LogP contribution is 2.13. The molecule has 1 N–H and O–H groups in total. The normalized spacial score (nSPS) is 10.8. The van der Waals surface area contributed by atoms with Crippen molar-refractivity contribution >= 4 is 11.3 Å². The minimum Gasteiger partial charge on any atom is -0.342 e. The van der Waals surface area contributed by atoms with Gasteiger partial charge in [-0.2, -0.15) is 0 Å². The van der Waals surface area contributed by atoms with Crippen LogP contribution in [0.2, 0.25) is 0 Å². The molecular weight excluding hydrogens is 222 g/mol. The molecular formula is C10H9N5S. The summed E-state index contributed by atoms with van der Waals surface area (Å²) in [5.74, 6) is 1.61. The first-order chi connectivity index (χ1) is 7.93. The van der Waals surface area contributed by atoms with Crippen LogP contribution < -0.4 is 0 Å². The quantitative estimate of drug-likeness (QED) is 0.747. The molecule has 0 fully saturated rings. The van der Waals surface area contributed by atoms with E-state index in [1.54, 1.807) is 29.9 Å².